The van der Waals surface area contributed by atoms with Crippen molar-refractivity contribution in [1.29, 1.82) is 0 Å². The lowest BCUT2D eigenvalue weighted by molar-refractivity contribution is -0.137. The van der Waals surface area contributed by atoms with E-state index in [1.165, 1.54) is 5.56 Å². The first kappa shape index (κ1) is 26.1. The second-order valence-electron chi connectivity index (χ2n) is 9.51. The molecule has 1 saturated heterocycles. The molecule has 0 aliphatic carbocycles. The van der Waals surface area contributed by atoms with E-state index in [0.29, 0.717) is 57.9 Å². The van der Waals surface area contributed by atoms with Crippen LogP contribution in [0.5, 0.6) is 5.75 Å². The van der Waals surface area contributed by atoms with E-state index in [2.05, 4.69) is 16.3 Å². The van der Waals surface area contributed by atoms with Crippen LogP contribution in [0.3, 0.4) is 0 Å². The van der Waals surface area contributed by atoms with Crippen LogP contribution in [0.1, 0.15) is 48.4 Å². The molecular weight excluding hydrogens is 564 g/mol. The van der Waals surface area contributed by atoms with Crippen molar-refractivity contribution in [3.05, 3.63) is 53.2 Å². The molecule has 1 fully saturated rings. The number of nitrogens with one attached hydrogen (secondary N) is 1. The maximum absolute atomic E-state index is 15.7. The zero-order chi connectivity index (χ0) is 24.7. The summed E-state index contributed by atoms with van der Waals surface area (Å²) in [5, 5.41) is 12.8. The molecule has 2 aromatic rings. The molecule has 4 rings (SSSR count). The summed E-state index contributed by atoms with van der Waals surface area (Å²) in [7, 11) is 0. The molecule has 3 heterocycles. The summed E-state index contributed by atoms with van der Waals surface area (Å²) >= 11 is 1.82. The molecule has 35 heavy (non-hydrogen) atoms. The molecule has 2 aliphatic rings. The van der Waals surface area contributed by atoms with Crippen molar-refractivity contribution in [2.45, 2.75) is 50.1 Å². The van der Waals surface area contributed by atoms with Crippen molar-refractivity contribution < 1.29 is 22.1 Å². The van der Waals surface area contributed by atoms with Crippen molar-refractivity contribution in [1.82, 2.24) is 9.88 Å². The first-order valence-corrected chi connectivity index (χ1v) is 13.1. The van der Waals surface area contributed by atoms with Gasteiger partial charge in [-0.25, -0.2) is 9.37 Å². The number of nitrogens with zero attached hydrogens (tertiary/aromatic N) is 2. The zero-order valence-corrected chi connectivity index (χ0v) is 22.0. The molecule has 0 saturated carbocycles. The summed E-state index contributed by atoms with van der Waals surface area (Å²) in [5.74, 6) is 0.518. The number of carboxylic acids is 1. The third-order valence-corrected chi connectivity index (χ3v) is 7.26. The molecule has 190 valence electrons. The van der Waals surface area contributed by atoms with Crippen LogP contribution >= 0.6 is 23.0 Å². The number of carboxylic acid groups (broad SMARTS) is 1. The number of benzene rings is 1. The lowest BCUT2D eigenvalue weighted by Crippen LogP contribution is -2.32. The molecule has 9 heteroatoms. The summed E-state index contributed by atoms with van der Waals surface area (Å²) in [6, 6.07) is 11.7. The number of hydrogen-bond acceptors (Lipinski definition) is 6. The Balaban J connectivity index is 1.35. The van der Waals surface area contributed by atoms with Crippen LogP contribution < -0.4 is 10.1 Å². The summed E-state index contributed by atoms with van der Waals surface area (Å²) in [5.41, 5.74) is 1.76. The molecule has 2 aliphatic heterocycles. The normalized spacial score (nSPS) is 20.7. The van der Waals surface area contributed by atoms with E-state index < -0.39 is 11.6 Å². The van der Waals surface area contributed by atoms with Gasteiger partial charge < -0.3 is 18.2 Å². The molecule has 7 nitrogen and oxygen atoms in total. The second kappa shape index (κ2) is 12.3. The summed E-state index contributed by atoms with van der Waals surface area (Å²) < 4.78 is 26.4. The van der Waals surface area contributed by atoms with E-state index in [9.17, 15) is 9.90 Å². The number of carbonyl (C=O) groups is 1. The number of likely N-dealkylation sites (tertiary alicyclic amines) is 1. The van der Waals surface area contributed by atoms with Gasteiger partial charge in [0.25, 0.3) is 0 Å². The fourth-order valence-corrected chi connectivity index (χ4v) is 5.18. The number of aromatic nitrogens is 1. The molecule has 2 unspecified atom stereocenters. The van der Waals surface area contributed by atoms with E-state index >= 15 is 4.39 Å². The van der Waals surface area contributed by atoms with Gasteiger partial charge in [0, 0.05) is 37.8 Å². The average Bonchev–Trinajstić information content (AvgIpc) is 3.23. The van der Waals surface area contributed by atoms with Gasteiger partial charge in [-0.2, -0.15) is 0 Å². The van der Waals surface area contributed by atoms with Crippen molar-refractivity contribution in [3.8, 4) is 5.75 Å². The lowest BCUT2D eigenvalue weighted by Gasteiger charge is -2.25. The third-order valence-electron chi connectivity index (χ3n) is 6.82. The number of aliphatic carboxylic acids is 1. The first-order valence-electron chi connectivity index (χ1n) is 12.3. The fourth-order valence-electron chi connectivity index (χ4n) is 5.00. The zero-order valence-electron chi connectivity index (χ0n) is 19.8. The predicted octanol–water partition coefficient (Wildman–Crippen LogP) is 4.79. The number of halogens is 2. The SMILES string of the molecule is O=C(O)CC(CN1CCC(F)(CCc2ccc3c(n2)NCCC3)C1)c1cccc(OCCOI)c1. The Bertz CT molecular complexity index is 1010. The van der Waals surface area contributed by atoms with Gasteiger partial charge in [0.05, 0.1) is 13.0 Å². The minimum absolute atomic E-state index is 0.0118. The number of hydrogen-bond donors (Lipinski definition) is 2. The Kier molecular flexibility index (Phi) is 9.18. The topological polar surface area (TPSA) is 83.9 Å². The highest BCUT2D eigenvalue weighted by molar-refractivity contribution is 14.1. The second-order valence-corrected chi connectivity index (χ2v) is 10.1. The summed E-state index contributed by atoms with van der Waals surface area (Å²) in [4.78, 5) is 18.4. The van der Waals surface area contributed by atoms with E-state index in [-0.39, 0.29) is 12.3 Å². The van der Waals surface area contributed by atoms with Gasteiger partial charge in [-0.3, -0.25) is 9.69 Å². The molecule has 2 atom stereocenters. The Hall–Kier alpha value is -1.98. The van der Waals surface area contributed by atoms with Gasteiger partial charge in [0.15, 0.2) is 0 Å². The molecule has 0 bridgehead atoms. The Morgan fingerprint density at radius 3 is 3.03 bits per heavy atom. The van der Waals surface area contributed by atoms with Gasteiger partial charge >= 0.3 is 5.97 Å². The number of fused-ring (bicyclic) bond motifs is 1. The monoisotopic (exact) mass is 597 g/mol. The van der Waals surface area contributed by atoms with Crippen molar-refractivity contribution in [2.75, 3.05) is 44.7 Å². The van der Waals surface area contributed by atoms with Crippen LogP contribution in [0.2, 0.25) is 0 Å². The number of anilines is 1. The standard InChI is InChI=1S/C26H33FIN3O4/c27-26(9-8-22-7-6-19-4-2-11-29-25(19)30-22)10-12-31(18-26)17-21(16-24(32)33)20-3-1-5-23(15-20)34-13-14-35-28/h1,3,5-7,15,21H,2,4,8-14,16-18H2,(H,29,30)(H,32,33). The van der Waals surface area contributed by atoms with Gasteiger partial charge in [0.2, 0.25) is 0 Å². The molecule has 0 amide bonds. The van der Waals surface area contributed by atoms with E-state index in [0.717, 1.165) is 36.5 Å². The van der Waals surface area contributed by atoms with Crippen LogP contribution in [-0.2, 0) is 20.7 Å². The van der Waals surface area contributed by atoms with Crippen molar-refractivity contribution >= 4 is 34.8 Å². The molecule has 1 aromatic heterocycles. The van der Waals surface area contributed by atoms with Crippen LogP contribution in [0.15, 0.2) is 36.4 Å². The quantitative estimate of drug-likeness (QED) is 0.269. The largest absolute Gasteiger partial charge is 0.491 e. The highest BCUT2D eigenvalue weighted by atomic mass is 127. The maximum Gasteiger partial charge on any atom is 0.304 e. The number of pyridine rings is 1. The molecule has 0 radical (unpaired) electrons. The van der Waals surface area contributed by atoms with Gasteiger partial charge in [-0.05, 0) is 61.4 Å². The summed E-state index contributed by atoms with van der Waals surface area (Å²) in [6.45, 7) is 3.25. The average molecular weight is 597 g/mol. The summed E-state index contributed by atoms with van der Waals surface area (Å²) in [6.07, 6.45) is 3.61. The van der Waals surface area contributed by atoms with E-state index in [1.807, 2.05) is 53.3 Å². The highest BCUT2D eigenvalue weighted by Crippen LogP contribution is 2.33. The van der Waals surface area contributed by atoms with E-state index in [1.54, 1.807) is 0 Å². The number of aryl methyl sites for hydroxylation is 2. The molecule has 1 aromatic carbocycles. The smallest absolute Gasteiger partial charge is 0.304 e. The lowest BCUT2D eigenvalue weighted by atomic mass is 9.94. The van der Waals surface area contributed by atoms with Crippen LogP contribution in [0.25, 0.3) is 0 Å². The maximum atomic E-state index is 15.7. The minimum Gasteiger partial charge on any atom is -0.491 e. The molecule has 2 N–H and O–H groups in total. The number of alkyl halides is 1. The number of rotatable bonds is 12. The Morgan fingerprint density at radius 2 is 2.20 bits per heavy atom. The minimum atomic E-state index is -1.29. The van der Waals surface area contributed by atoms with Gasteiger partial charge in [-0.1, -0.05) is 18.2 Å². The molecule has 0 spiro atoms. The van der Waals surface area contributed by atoms with Gasteiger partial charge in [-0.15, -0.1) is 0 Å². The Labute approximate surface area is 220 Å². The number of ether oxygens (including phenoxy) is 1. The van der Waals surface area contributed by atoms with Crippen LogP contribution in [0.4, 0.5) is 10.2 Å². The van der Waals surface area contributed by atoms with Crippen LogP contribution in [-0.4, -0.2) is 66.0 Å². The van der Waals surface area contributed by atoms with Gasteiger partial charge in [0.1, 0.15) is 46.8 Å². The first-order chi connectivity index (χ1) is 16.9. The Morgan fingerprint density at radius 1 is 1.31 bits per heavy atom. The fraction of sp³-hybridized carbons (Fsp3) is 0.538. The van der Waals surface area contributed by atoms with Crippen molar-refractivity contribution in [2.24, 2.45) is 0 Å². The third kappa shape index (κ3) is 7.50. The van der Waals surface area contributed by atoms with E-state index in [4.69, 9.17) is 12.8 Å². The predicted molar refractivity (Wildman–Crippen MR) is 141 cm³/mol. The van der Waals surface area contributed by atoms with Crippen LogP contribution in [0, 0.1) is 0 Å². The molecular formula is C26H33FIN3O4. The highest BCUT2D eigenvalue weighted by Gasteiger charge is 2.39. The van der Waals surface area contributed by atoms with Crippen molar-refractivity contribution in [3.63, 3.8) is 0 Å².